The first kappa shape index (κ1) is 17.5. The van der Waals surface area contributed by atoms with Gasteiger partial charge in [0.2, 0.25) is 0 Å². The first-order valence-electron chi connectivity index (χ1n) is 11.4. The van der Waals surface area contributed by atoms with Crippen LogP contribution in [0.25, 0.3) is 21.9 Å². The van der Waals surface area contributed by atoms with E-state index in [4.69, 9.17) is 0 Å². The fraction of sp³-hybridized carbons (Fsp3) is 0.286. The van der Waals surface area contributed by atoms with Crippen LogP contribution in [-0.4, -0.2) is 4.92 Å². The predicted molar refractivity (Wildman–Crippen MR) is 124 cm³/mol. The van der Waals surface area contributed by atoms with Gasteiger partial charge in [-0.15, -0.1) is 0 Å². The zero-order valence-electron chi connectivity index (χ0n) is 17.3. The summed E-state index contributed by atoms with van der Waals surface area (Å²) in [6.07, 6.45) is 9.37. The molecule has 152 valence electrons. The molecule has 3 aromatic carbocycles. The number of nitrogens with zero attached hydrogens (tertiary/aromatic N) is 1. The third kappa shape index (κ3) is 2.29. The smallest absolute Gasteiger partial charge is 0.258 e. The van der Waals surface area contributed by atoms with Crippen LogP contribution in [0.1, 0.15) is 47.4 Å². The Kier molecular flexibility index (Phi) is 3.47. The molecule has 4 atom stereocenters. The normalized spacial score (nSPS) is 29.8. The van der Waals surface area contributed by atoms with Crippen molar-refractivity contribution in [3.63, 3.8) is 0 Å². The van der Waals surface area contributed by atoms with Gasteiger partial charge in [0.25, 0.3) is 5.69 Å². The van der Waals surface area contributed by atoms with Crippen molar-refractivity contribution in [2.75, 3.05) is 0 Å². The Morgan fingerprint density at radius 2 is 1.74 bits per heavy atom. The van der Waals surface area contributed by atoms with Gasteiger partial charge in [-0.3, -0.25) is 10.1 Å². The van der Waals surface area contributed by atoms with E-state index in [0.29, 0.717) is 23.7 Å². The average molecular weight is 405 g/mol. The van der Waals surface area contributed by atoms with Crippen molar-refractivity contribution in [2.24, 2.45) is 17.8 Å². The Labute approximate surface area is 181 Å². The number of benzene rings is 3. The van der Waals surface area contributed by atoms with Gasteiger partial charge >= 0.3 is 0 Å². The predicted octanol–water partition coefficient (Wildman–Crippen LogP) is 6.91. The van der Waals surface area contributed by atoms with Crippen LogP contribution in [0.3, 0.4) is 0 Å². The molecule has 3 heteroatoms. The first-order valence-corrected chi connectivity index (χ1v) is 11.4. The van der Waals surface area contributed by atoms with E-state index in [1.807, 2.05) is 12.1 Å². The number of hydrogen-bond acceptors (Lipinski definition) is 2. The lowest BCUT2D eigenvalue weighted by atomic mass is 9.75. The Morgan fingerprint density at radius 1 is 0.903 bits per heavy atom. The number of rotatable bonds is 1. The Balaban J connectivity index is 1.55. The molecule has 7 rings (SSSR count). The first-order chi connectivity index (χ1) is 15.2. The van der Waals surface area contributed by atoms with Crippen LogP contribution in [0, 0.1) is 27.9 Å². The highest BCUT2D eigenvalue weighted by atomic mass is 16.6. The lowest BCUT2D eigenvalue weighted by Crippen LogP contribution is -2.14. The molecule has 0 saturated heterocycles. The van der Waals surface area contributed by atoms with Crippen molar-refractivity contribution >= 4 is 27.6 Å². The largest absolute Gasteiger partial charge is 0.269 e. The number of nitro groups is 1. The van der Waals surface area contributed by atoms with Gasteiger partial charge in [-0.25, -0.2) is 0 Å². The Hall–Kier alpha value is -3.20. The van der Waals surface area contributed by atoms with Crippen LogP contribution in [0.15, 0.2) is 66.7 Å². The van der Waals surface area contributed by atoms with Crippen LogP contribution >= 0.6 is 0 Å². The van der Waals surface area contributed by atoms with Gasteiger partial charge in [0.15, 0.2) is 0 Å². The van der Waals surface area contributed by atoms with Crippen LogP contribution in [0.5, 0.6) is 0 Å². The molecule has 31 heavy (non-hydrogen) atoms. The fourth-order valence-electron chi connectivity index (χ4n) is 7.10. The fourth-order valence-corrected chi connectivity index (χ4v) is 7.10. The van der Waals surface area contributed by atoms with Gasteiger partial charge in [-0.1, -0.05) is 48.6 Å². The van der Waals surface area contributed by atoms with E-state index in [-0.39, 0.29) is 10.6 Å². The standard InChI is InChI=1S/C28H23NO2/c30-29(31)20-12-13-22-24(15-20)26-18-10-11-19(14-18)27(26)28(22)23-7-3-5-17-9-8-16-4-1-2-6-21(16)25(17)23/h1-2,4,6,8-13,15,18-19,26-27H,3,5,7,14H2/b28-23+/t18-,19+,26?,27?/m1/s1. The summed E-state index contributed by atoms with van der Waals surface area (Å²) in [5.41, 5.74) is 8.60. The second-order valence-corrected chi connectivity index (χ2v) is 9.60. The van der Waals surface area contributed by atoms with Crippen LogP contribution in [0.2, 0.25) is 0 Å². The van der Waals surface area contributed by atoms with E-state index >= 15 is 0 Å². The van der Waals surface area contributed by atoms with Crippen molar-refractivity contribution in [1.29, 1.82) is 0 Å². The third-order valence-corrected chi connectivity index (χ3v) is 8.20. The minimum absolute atomic E-state index is 0.227. The zero-order valence-corrected chi connectivity index (χ0v) is 17.3. The highest BCUT2D eigenvalue weighted by Gasteiger charge is 2.52. The molecule has 0 amide bonds. The number of nitro benzene ring substituents is 1. The number of fused-ring (bicyclic) bond motifs is 10. The molecule has 3 nitrogen and oxygen atoms in total. The maximum atomic E-state index is 11.5. The summed E-state index contributed by atoms with van der Waals surface area (Å²) in [4.78, 5) is 11.3. The summed E-state index contributed by atoms with van der Waals surface area (Å²) in [7, 11) is 0. The minimum Gasteiger partial charge on any atom is -0.258 e. The van der Waals surface area contributed by atoms with Crippen molar-refractivity contribution in [3.8, 4) is 0 Å². The molecule has 0 aromatic heterocycles. The van der Waals surface area contributed by atoms with E-state index in [0.717, 1.165) is 12.8 Å². The molecular weight excluding hydrogens is 382 g/mol. The molecular formula is C28H23NO2. The summed E-state index contributed by atoms with van der Waals surface area (Å²) in [6.45, 7) is 0. The van der Waals surface area contributed by atoms with Crippen molar-refractivity contribution < 1.29 is 4.92 Å². The summed E-state index contributed by atoms with van der Waals surface area (Å²) in [5.74, 6) is 1.94. The number of non-ortho nitro benzene ring substituents is 1. The Bertz CT molecular complexity index is 1350. The van der Waals surface area contributed by atoms with E-state index < -0.39 is 0 Å². The van der Waals surface area contributed by atoms with Crippen LogP contribution in [-0.2, 0) is 6.42 Å². The van der Waals surface area contributed by atoms with Crippen LogP contribution < -0.4 is 0 Å². The molecule has 4 aliphatic carbocycles. The Morgan fingerprint density at radius 3 is 2.61 bits per heavy atom. The van der Waals surface area contributed by atoms with Crippen LogP contribution in [0.4, 0.5) is 5.69 Å². The molecule has 4 aliphatic rings. The lowest BCUT2D eigenvalue weighted by molar-refractivity contribution is -0.384. The SMILES string of the molecule is O=[N+]([O-])c1ccc2c(c1)C1C(/C2=C2\CCCc3ccc4ccccc4c32)[C@H]2C=C[C@@H]1C2. The summed E-state index contributed by atoms with van der Waals surface area (Å²) < 4.78 is 0. The molecule has 0 heterocycles. The minimum atomic E-state index is -0.243. The number of hydrogen-bond donors (Lipinski definition) is 0. The quantitative estimate of drug-likeness (QED) is 0.251. The van der Waals surface area contributed by atoms with Gasteiger partial charge in [0.05, 0.1) is 4.92 Å². The molecule has 0 radical (unpaired) electrons. The van der Waals surface area contributed by atoms with E-state index in [1.54, 1.807) is 6.07 Å². The number of allylic oxidation sites excluding steroid dienone is 4. The summed E-state index contributed by atoms with van der Waals surface area (Å²) in [6, 6.07) is 19.0. The summed E-state index contributed by atoms with van der Waals surface area (Å²) in [5, 5.41) is 14.2. The lowest BCUT2D eigenvalue weighted by Gasteiger charge is -2.28. The molecule has 2 unspecified atom stereocenters. The van der Waals surface area contributed by atoms with Gasteiger partial charge < -0.3 is 0 Å². The highest BCUT2D eigenvalue weighted by molar-refractivity contribution is 6.05. The molecule has 0 spiro atoms. The zero-order chi connectivity index (χ0) is 20.7. The molecule has 1 fully saturated rings. The van der Waals surface area contributed by atoms with Crippen molar-refractivity contribution in [2.45, 2.75) is 31.6 Å². The second kappa shape index (κ2) is 6.16. The highest BCUT2D eigenvalue weighted by Crippen LogP contribution is 2.65. The van der Waals surface area contributed by atoms with Crippen molar-refractivity contribution in [1.82, 2.24) is 0 Å². The summed E-state index contributed by atoms with van der Waals surface area (Å²) >= 11 is 0. The number of aryl methyl sites for hydroxylation is 1. The molecule has 2 bridgehead atoms. The van der Waals surface area contributed by atoms with Gasteiger partial charge in [0, 0.05) is 12.1 Å². The third-order valence-electron chi connectivity index (χ3n) is 8.20. The van der Waals surface area contributed by atoms with E-state index in [9.17, 15) is 10.1 Å². The maximum absolute atomic E-state index is 11.5. The van der Waals surface area contributed by atoms with E-state index in [1.165, 1.54) is 57.0 Å². The molecule has 1 saturated carbocycles. The van der Waals surface area contributed by atoms with Crippen molar-refractivity contribution in [3.05, 3.63) is 99.1 Å². The van der Waals surface area contributed by atoms with Gasteiger partial charge in [0.1, 0.15) is 0 Å². The van der Waals surface area contributed by atoms with Gasteiger partial charge in [-0.05, 0) is 99.6 Å². The van der Waals surface area contributed by atoms with Gasteiger partial charge in [-0.2, -0.15) is 0 Å². The topological polar surface area (TPSA) is 43.1 Å². The second-order valence-electron chi connectivity index (χ2n) is 9.60. The average Bonchev–Trinajstić information content (AvgIpc) is 3.50. The van der Waals surface area contributed by atoms with E-state index in [2.05, 4.69) is 48.6 Å². The monoisotopic (exact) mass is 405 g/mol. The maximum Gasteiger partial charge on any atom is 0.269 e. The molecule has 0 N–H and O–H groups in total. The molecule has 0 aliphatic heterocycles. The molecule has 3 aromatic rings.